The lowest BCUT2D eigenvalue weighted by Crippen LogP contribution is -2.39. The van der Waals surface area contributed by atoms with Crippen molar-refractivity contribution in [1.29, 1.82) is 0 Å². The molecule has 3 N–H and O–H groups in total. The van der Waals surface area contributed by atoms with Crippen molar-refractivity contribution in [1.82, 2.24) is 24.8 Å². The lowest BCUT2D eigenvalue weighted by atomic mass is 9.97. The van der Waals surface area contributed by atoms with Crippen molar-refractivity contribution in [2.45, 2.75) is 12.8 Å². The fourth-order valence-corrected chi connectivity index (χ4v) is 2.81. The number of carbonyl (C=O) groups excluding carboxylic acids is 1. The molecule has 0 bridgehead atoms. The molecule has 0 atom stereocenters. The molecule has 8 heteroatoms. The number of amides is 1. The Morgan fingerprint density at radius 2 is 2.22 bits per heavy atom. The first-order valence-corrected chi connectivity index (χ1v) is 7.71. The maximum absolute atomic E-state index is 12.1. The van der Waals surface area contributed by atoms with Crippen molar-refractivity contribution in [2.24, 2.45) is 13.0 Å². The van der Waals surface area contributed by atoms with Gasteiger partial charge in [0.25, 0.3) is 5.91 Å². The summed E-state index contributed by atoms with van der Waals surface area (Å²) in [5.41, 5.74) is 6.21. The Morgan fingerprint density at radius 1 is 1.43 bits per heavy atom. The number of nitrogen functional groups attached to an aromatic ring is 1. The van der Waals surface area contributed by atoms with Gasteiger partial charge in [0.2, 0.25) is 5.95 Å². The minimum absolute atomic E-state index is 0.0731. The number of aromatic nitrogens is 4. The van der Waals surface area contributed by atoms with Crippen LogP contribution in [0.2, 0.25) is 0 Å². The molecule has 23 heavy (non-hydrogen) atoms. The zero-order valence-corrected chi connectivity index (χ0v) is 13.1. The van der Waals surface area contributed by atoms with E-state index >= 15 is 0 Å². The van der Waals surface area contributed by atoms with Crippen LogP contribution in [0.25, 0.3) is 0 Å². The molecule has 1 saturated heterocycles. The van der Waals surface area contributed by atoms with Gasteiger partial charge in [-0.3, -0.25) is 4.79 Å². The van der Waals surface area contributed by atoms with Crippen LogP contribution in [0.1, 0.15) is 23.3 Å². The standard InChI is InChI=1S/C15H21N7O/c1-21-10-17-9-12(21)14(23)19-8-11-3-6-22(7-4-11)13-2-5-18-15(16)20-13/h2,5,9-11H,3-4,6-8H2,1H3,(H,19,23)(H2,16,18,20). The summed E-state index contributed by atoms with van der Waals surface area (Å²) >= 11 is 0. The second-order valence-electron chi connectivity index (χ2n) is 5.80. The number of aryl methyl sites for hydroxylation is 1. The molecule has 0 radical (unpaired) electrons. The normalized spacial score (nSPS) is 15.6. The molecule has 0 spiro atoms. The molecule has 2 aromatic rings. The zero-order chi connectivity index (χ0) is 16.2. The quantitative estimate of drug-likeness (QED) is 0.849. The molecule has 3 heterocycles. The van der Waals surface area contributed by atoms with Crippen molar-refractivity contribution >= 4 is 17.7 Å². The molecule has 0 aliphatic carbocycles. The van der Waals surface area contributed by atoms with E-state index in [4.69, 9.17) is 5.73 Å². The van der Waals surface area contributed by atoms with Gasteiger partial charge < -0.3 is 20.5 Å². The molecule has 1 aliphatic heterocycles. The highest BCUT2D eigenvalue weighted by atomic mass is 16.1. The number of piperidine rings is 1. The average molecular weight is 315 g/mol. The fraction of sp³-hybridized carbons (Fsp3) is 0.467. The van der Waals surface area contributed by atoms with Crippen molar-refractivity contribution in [2.75, 3.05) is 30.3 Å². The number of imidazole rings is 1. The number of nitrogens with zero attached hydrogens (tertiary/aromatic N) is 5. The van der Waals surface area contributed by atoms with E-state index < -0.39 is 0 Å². The number of carbonyl (C=O) groups is 1. The second kappa shape index (κ2) is 6.64. The summed E-state index contributed by atoms with van der Waals surface area (Å²) in [6, 6.07) is 1.88. The molecular formula is C15H21N7O. The van der Waals surface area contributed by atoms with Crippen LogP contribution < -0.4 is 16.0 Å². The molecule has 1 amide bonds. The van der Waals surface area contributed by atoms with Crippen molar-refractivity contribution < 1.29 is 4.79 Å². The van der Waals surface area contributed by atoms with Gasteiger partial charge in [-0.25, -0.2) is 9.97 Å². The van der Waals surface area contributed by atoms with Gasteiger partial charge in [-0.05, 0) is 24.8 Å². The summed E-state index contributed by atoms with van der Waals surface area (Å²) in [5, 5.41) is 3.00. The Balaban J connectivity index is 1.48. The van der Waals surface area contributed by atoms with Crippen molar-refractivity contribution in [3.05, 3.63) is 30.5 Å². The molecular weight excluding hydrogens is 294 g/mol. The molecule has 1 fully saturated rings. The lowest BCUT2D eigenvalue weighted by molar-refractivity contribution is 0.0936. The van der Waals surface area contributed by atoms with Gasteiger partial charge in [-0.15, -0.1) is 0 Å². The highest BCUT2D eigenvalue weighted by molar-refractivity contribution is 5.92. The third-order valence-electron chi connectivity index (χ3n) is 4.20. The molecule has 0 unspecified atom stereocenters. The van der Waals surface area contributed by atoms with Crippen molar-refractivity contribution in [3.63, 3.8) is 0 Å². The first-order chi connectivity index (χ1) is 11.1. The van der Waals surface area contributed by atoms with E-state index in [1.807, 2.05) is 13.1 Å². The van der Waals surface area contributed by atoms with Crippen LogP contribution in [-0.2, 0) is 7.05 Å². The summed E-state index contributed by atoms with van der Waals surface area (Å²) in [7, 11) is 1.81. The number of hydrogen-bond donors (Lipinski definition) is 2. The maximum atomic E-state index is 12.1. The maximum Gasteiger partial charge on any atom is 0.269 e. The van der Waals surface area contributed by atoms with Crippen LogP contribution >= 0.6 is 0 Å². The highest BCUT2D eigenvalue weighted by Crippen LogP contribution is 2.21. The third-order valence-corrected chi connectivity index (χ3v) is 4.20. The highest BCUT2D eigenvalue weighted by Gasteiger charge is 2.21. The average Bonchev–Trinajstić information content (AvgIpc) is 2.99. The topological polar surface area (TPSA) is 102 Å². The van der Waals surface area contributed by atoms with E-state index in [2.05, 4.69) is 25.2 Å². The predicted octanol–water partition coefficient (Wildman–Crippen LogP) is 0.439. The number of rotatable bonds is 4. The van der Waals surface area contributed by atoms with Gasteiger partial charge in [0.15, 0.2) is 0 Å². The number of nitrogens with one attached hydrogen (secondary N) is 1. The molecule has 0 saturated carbocycles. The minimum Gasteiger partial charge on any atom is -0.368 e. The fourth-order valence-electron chi connectivity index (χ4n) is 2.81. The molecule has 3 rings (SSSR count). The Hall–Kier alpha value is -2.64. The van der Waals surface area contributed by atoms with Gasteiger partial charge in [-0.2, -0.15) is 4.98 Å². The van der Waals surface area contributed by atoms with E-state index in [1.165, 1.54) is 0 Å². The van der Waals surface area contributed by atoms with Gasteiger partial charge in [0, 0.05) is 32.9 Å². The second-order valence-corrected chi connectivity index (χ2v) is 5.80. The van der Waals surface area contributed by atoms with Gasteiger partial charge in [-0.1, -0.05) is 0 Å². The van der Waals surface area contributed by atoms with E-state index in [-0.39, 0.29) is 5.91 Å². The summed E-state index contributed by atoms with van der Waals surface area (Å²) in [6.45, 7) is 2.50. The minimum atomic E-state index is -0.0731. The first-order valence-electron chi connectivity index (χ1n) is 7.71. The Bertz CT molecular complexity index is 676. The SMILES string of the molecule is Cn1cncc1C(=O)NCC1CCN(c2ccnc(N)n2)CC1. The summed E-state index contributed by atoms with van der Waals surface area (Å²) in [6.07, 6.45) is 6.90. The van der Waals surface area contributed by atoms with Gasteiger partial charge >= 0.3 is 0 Å². The first kappa shape index (κ1) is 15.3. The zero-order valence-electron chi connectivity index (χ0n) is 13.1. The molecule has 8 nitrogen and oxygen atoms in total. The van der Waals surface area contributed by atoms with Gasteiger partial charge in [0.05, 0.1) is 12.5 Å². The number of anilines is 2. The molecule has 1 aliphatic rings. The lowest BCUT2D eigenvalue weighted by Gasteiger charge is -2.32. The van der Waals surface area contributed by atoms with Crippen LogP contribution in [0.4, 0.5) is 11.8 Å². The summed E-state index contributed by atoms with van der Waals surface area (Å²) < 4.78 is 1.72. The smallest absolute Gasteiger partial charge is 0.269 e. The Morgan fingerprint density at radius 3 is 2.87 bits per heavy atom. The van der Waals surface area contributed by atoms with E-state index in [9.17, 15) is 4.79 Å². The molecule has 2 aromatic heterocycles. The molecule has 0 aromatic carbocycles. The summed E-state index contributed by atoms with van der Waals surface area (Å²) in [5.74, 6) is 1.57. The van der Waals surface area contributed by atoms with Crippen LogP contribution in [0, 0.1) is 5.92 Å². The Labute approximate surface area is 134 Å². The number of nitrogens with two attached hydrogens (primary N) is 1. The van der Waals surface area contributed by atoms with Crippen LogP contribution in [0.3, 0.4) is 0 Å². The summed E-state index contributed by atoms with van der Waals surface area (Å²) in [4.78, 5) is 26.4. The predicted molar refractivity (Wildman–Crippen MR) is 86.9 cm³/mol. The van der Waals surface area contributed by atoms with Crippen LogP contribution in [0.15, 0.2) is 24.8 Å². The van der Waals surface area contributed by atoms with E-state index in [1.54, 1.807) is 23.3 Å². The van der Waals surface area contributed by atoms with Crippen LogP contribution in [-0.4, -0.2) is 45.1 Å². The largest absolute Gasteiger partial charge is 0.368 e. The molecule has 122 valence electrons. The Kier molecular flexibility index (Phi) is 4.40. The van der Waals surface area contributed by atoms with Gasteiger partial charge in [0.1, 0.15) is 11.5 Å². The monoisotopic (exact) mass is 315 g/mol. The van der Waals surface area contributed by atoms with Crippen molar-refractivity contribution in [3.8, 4) is 0 Å². The van der Waals surface area contributed by atoms with Crippen LogP contribution in [0.5, 0.6) is 0 Å². The van der Waals surface area contributed by atoms with E-state index in [0.29, 0.717) is 24.1 Å². The third kappa shape index (κ3) is 3.58. The number of hydrogen-bond acceptors (Lipinski definition) is 6. The van der Waals surface area contributed by atoms with E-state index in [0.717, 1.165) is 31.7 Å².